The van der Waals surface area contributed by atoms with Gasteiger partial charge in [0.15, 0.2) is 0 Å². The fourth-order valence-electron chi connectivity index (χ4n) is 5.17. The molecule has 1 aromatic heterocycles. The topological polar surface area (TPSA) is 61.5 Å². The molecule has 1 spiro atoms. The van der Waals surface area contributed by atoms with Gasteiger partial charge in [-0.25, -0.2) is 0 Å². The van der Waals surface area contributed by atoms with Crippen LogP contribution in [0, 0.1) is 11.3 Å². The Morgan fingerprint density at radius 2 is 2.11 bits per heavy atom. The molecule has 0 radical (unpaired) electrons. The molecule has 0 bridgehead atoms. The number of ether oxygens (including phenoxy) is 1. The van der Waals surface area contributed by atoms with Crippen LogP contribution in [-0.2, 0) is 22.5 Å². The van der Waals surface area contributed by atoms with Crippen molar-refractivity contribution in [3.05, 3.63) is 17.5 Å². The van der Waals surface area contributed by atoms with Gasteiger partial charge in [0.05, 0.1) is 11.1 Å². The van der Waals surface area contributed by atoms with Gasteiger partial charge in [-0.3, -0.25) is 14.8 Å². The number of carbonyl (C=O) groups is 1. The Bertz CT molecular complexity index is 652. The Morgan fingerprint density at radius 3 is 2.89 bits per heavy atom. The van der Waals surface area contributed by atoms with E-state index < -0.39 is 0 Å². The number of hydrogen-bond acceptors (Lipinski definition) is 4. The highest BCUT2D eigenvalue weighted by molar-refractivity contribution is 5.84. The molecule has 1 aromatic rings. The third-order valence-corrected chi connectivity index (χ3v) is 6.53. The van der Waals surface area contributed by atoms with Gasteiger partial charge in [0.1, 0.15) is 0 Å². The van der Waals surface area contributed by atoms with Crippen LogP contribution >= 0.6 is 0 Å². The van der Waals surface area contributed by atoms with Gasteiger partial charge in [0, 0.05) is 44.6 Å². The monoisotopic (exact) mass is 374 g/mol. The molecule has 4 heterocycles. The van der Waals surface area contributed by atoms with E-state index in [0.29, 0.717) is 17.9 Å². The summed E-state index contributed by atoms with van der Waals surface area (Å²) in [6.45, 7) is 9.74. The van der Waals surface area contributed by atoms with Crippen LogP contribution in [0.1, 0.15) is 57.3 Å². The molecule has 4 rings (SSSR count). The molecular weight excluding hydrogens is 340 g/mol. The SMILES string of the molecule is CC(C)Cc1cc(CN2CC[C@@]3(CCCN(C4CCOCC4)C3=O)C2)[nH]n1. The predicted molar refractivity (Wildman–Crippen MR) is 104 cm³/mol. The molecule has 6 heteroatoms. The smallest absolute Gasteiger partial charge is 0.230 e. The van der Waals surface area contributed by atoms with E-state index in [1.54, 1.807) is 0 Å². The Morgan fingerprint density at radius 1 is 1.30 bits per heavy atom. The van der Waals surface area contributed by atoms with Crippen LogP contribution < -0.4 is 0 Å². The Kier molecular flexibility index (Phi) is 5.55. The number of amides is 1. The lowest BCUT2D eigenvalue weighted by Gasteiger charge is -2.44. The molecule has 3 aliphatic heterocycles. The number of nitrogens with one attached hydrogen (secondary N) is 1. The molecule has 1 amide bonds. The first kappa shape index (κ1) is 18.9. The van der Waals surface area contributed by atoms with Crippen molar-refractivity contribution in [2.45, 2.75) is 65.0 Å². The third kappa shape index (κ3) is 4.06. The van der Waals surface area contributed by atoms with Gasteiger partial charge >= 0.3 is 0 Å². The number of carbonyl (C=O) groups excluding carboxylic acids is 1. The molecule has 1 N–H and O–H groups in total. The summed E-state index contributed by atoms with van der Waals surface area (Å²) in [5.41, 5.74) is 2.16. The van der Waals surface area contributed by atoms with Crippen molar-refractivity contribution in [1.82, 2.24) is 20.0 Å². The van der Waals surface area contributed by atoms with Crippen molar-refractivity contribution >= 4 is 5.91 Å². The molecule has 0 unspecified atom stereocenters. The van der Waals surface area contributed by atoms with Gasteiger partial charge in [-0.1, -0.05) is 13.8 Å². The second-order valence-electron chi connectivity index (χ2n) is 9.17. The first-order valence-electron chi connectivity index (χ1n) is 10.7. The lowest BCUT2D eigenvalue weighted by atomic mass is 9.77. The maximum Gasteiger partial charge on any atom is 0.230 e. The van der Waals surface area contributed by atoms with Crippen molar-refractivity contribution < 1.29 is 9.53 Å². The summed E-state index contributed by atoms with van der Waals surface area (Å²) in [6.07, 6.45) is 6.19. The van der Waals surface area contributed by atoms with Crippen molar-refractivity contribution in [3.63, 3.8) is 0 Å². The second-order valence-corrected chi connectivity index (χ2v) is 9.17. The summed E-state index contributed by atoms with van der Waals surface area (Å²) in [7, 11) is 0. The van der Waals surface area contributed by atoms with E-state index in [1.807, 2.05) is 0 Å². The maximum absolute atomic E-state index is 13.4. The van der Waals surface area contributed by atoms with E-state index in [4.69, 9.17) is 4.74 Å². The highest BCUT2D eigenvalue weighted by Crippen LogP contribution is 2.41. The van der Waals surface area contributed by atoms with Crippen LogP contribution in [0.5, 0.6) is 0 Å². The zero-order valence-electron chi connectivity index (χ0n) is 16.9. The number of H-pyrrole nitrogens is 1. The van der Waals surface area contributed by atoms with E-state index in [2.05, 4.69) is 39.9 Å². The number of aromatic nitrogens is 2. The summed E-state index contributed by atoms with van der Waals surface area (Å²) < 4.78 is 5.50. The molecular formula is C21H34N4O2. The van der Waals surface area contributed by atoms with Crippen molar-refractivity contribution in [1.29, 1.82) is 0 Å². The van der Waals surface area contributed by atoms with E-state index in [-0.39, 0.29) is 5.41 Å². The van der Waals surface area contributed by atoms with Crippen molar-refractivity contribution in [3.8, 4) is 0 Å². The first-order valence-corrected chi connectivity index (χ1v) is 10.7. The minimum Gasteiger partial charge on any atom is -0.381 e. The lowest BCUT2D eigenvalue weighted by molar-refractivity contribution is -0.150. The highest BCUT2D eigenvalue weighted by atomic mass is 16.5. The Hall–Kier alpha value is -1.40. The average Bonchev–Trinajstić information content (AvgIpc) is 3.26. The lowest BCUT2D eigenvalue weighted by Crippen LogP contribution is -2.54. The van der Waals surface area contributed by atoms with Crippen LogP contribution in [0.4, 0.5) is 0 Å². The summed E-state index contributed by atoms with van der Waals surface area (Å²) >= 11 is 0. The van der Waals surface area contributed by atoms with Crippen LogP contribution in [-0.4, -0.2) is 64.8 Å². The first-order chi connectivity index (χ1) is 13.1. The van der Waals surface area contributed by atoms with Crippen LogP contribution in [0.2, 0.25) is 0 Å². The van der Waals surface area contributed by atoms with Gasteiger partial charge in [0.2, 0.25) is 5.91 Å². The Labute approximate surface area is 162 Å². The van der Waals surface area contributed by atoms with Gasteiger partial charge < -0.3 is 9.64 Å². The molecule has 1 atom stereocenters. The van der Waals surface area contributed by atoms with Crippen molar-refractivity contribution in [2.75, 3.05) is 32.8 Å². The minimum atomic E-state index is -0.155. The summed E-state index contributed by atoms with van der Waals surface area (Å²) in [4.78, 5) is 18.1. The average molecular weight is 375 g/mol. The number of likely N-dealkylation sites (tertiary alicyclic amines) is 2. The quantitative estimate of drug-likeness (QED) is 0.861. The van der Waals surface area contributed by atoms with Crippen LogP contribution in [0.3, 0.4) is 0 Å². The summed E-state index contributed by atoms with van der Waals surface area (Å²) in [6, 6.07) is 2.59. The summed E-state index contributed by atoms with van der Waals surface area (Å²) in [5.74, 6) is 1.03. The third-order valence-electron chi connectivity index (χ3n) is 6.53. The number of nitrogens with zero attached hydrogens (tertiary/aromatic N) is 3. The molecule has 27 heavy (non-hydrogen) atoms. The van der Waals surface area contributed by atoms with Gasteiger partial charge in [-0.05, 0) is 57.1 Å². The van der Waals surface area contributed by atoms with Crippen LogP contribution in [0.25, 0.3) is 0 Å². The predicted octanol–water partition coefficient (Wildman–Crippen LogP) is 2.60. The van der Waals surface area contributed by atoms with E-state index in [9.17, 15) is 4.79 Å². The standard InChI is InChI=1S/C21H34N4O2/c1-16(2)12-17-13-18(23-22-17)14-24-9-7-21(15-24)6-3-8-25(20(21)26)19-4-10-27-11-5-19/h13,16,19H,3-12,14-15H2,1-2H3,(H,22,23)/t21-/m0/s1. The van der Waals surface area contributed by atoms with E-state index in [1.165, 1.54) is 5.69 Å². The van der Waals surface area contributed by atoms with Crippen molar-refractivity contribution in [2.24, 2.45) is 11.3 Å². The number of hydrogen-bond donors (Lipinski definition) is 1. The largest absolute Gasteiger partial charge is 0.381 e. The molecule has 6 nitrogen and oxygen atoms in total. The fourth-order valence-corrected chi connectivity index (χ4v) is 5.17. The van der Waals surface area contributed by atoms with Crippen LogP contribution in [0.15, 0.2) is 6.07 Å². The van der Waals surface area contributed by atoms with Gasteiger partial charge in [0.25, 0.3) is 0 Å². The molecule has 3 aliphatic rings. The minimum absolute atomic E-state index is 0.155. The second kappa shape index (κ2) is 7.92. The fraction of sp³-hybridized carbons (Fsp3) is 0.810. The van der Waals surface area contributed by atoms with Gasteiger partial charge in [-0.2, -0.15) is 5.10 Å². The number of rotatable bonds is 5. The number of piperidine rings is 1. The molecule has 3 fully saturated rings. The molecule has 0 aromatic carbocycles. The van der Waals surface area contributed by atoms with E-state index >= 15 is 0 Å². The molecule has 3 saturated heterocycles. The maximum atomic E-state index is 13.4. The normalized spacial score (nSPS) is 28.0. The van der Waals surface area contributed by atoms with Gasteiger partial charge in [-0.15, -0.1) is 0 Å². The zero-order valence-corrected chi connectivity index (χ0v) is 16.9. The zero-order chi connectivity index (χ0) is 18.9. The molecule has 0 saturated carbocycles. The number of aromatic amines is 1. The van der Waals surface area contributed by atoms with E-state index in [0.717, 1.165) is 83.6 Å². The highest BCUT2D eigenvalue weighted by Gasteiger charge is 2.49. The summed E-state index contributed by atoms with van der Waals surface area (Å²) in [5, 5.41) is 7.65. The molecule has 150 valence electrons. The molecule has 0 aliphatic carbocycles. The Balaban J connectivity index is 1.38.